The number of rotatable bonds is 5. The first-order valence-electron chi connectivity index (χ1n) is 7.98. The fourth-order valence-electron chi connectivity index (χ4n) is 2.28. The lowest BCUT2D eigenvalue weighted by atomic mass is 10.2. The summed E-state index contributed by atoms with van der Waals surface area (Å²) in [6.07, 6.45) is 3.44. The molecule has 0 aliphatic carbocycles. The summed E-state index contributed by atoms with van der Waals surface area (Å²) < 4.78 is -3.75. The van der Waals surface area contributed by atoms with Gasteiger partial charge in [-0.25, -0.2) is 15.0 Å². The Kier molecular flexibility index (Phi) is 7.88. The molecule has 0 atom stereocenters. The average Bonchev–Trinajstić information content (AvgIpc) is 2.60. The number of benzene rings is 1. The number of aromatic nitrogens is 3. The van der Waals surface area contributed by atoms with Crippen LogP contribution >= 0.6 is 69.6 Å². The normalized spacial score (nSPS) is 12.6. The van der Waals surface area contributed by atoms with Crippen LogP contribution in [0.5, 0.6) is 0 Å². The van der Waals surface area contributed by atoms with Crippen molar-refractivity contribution in [2.45, 2.75) is 21.4 Å². The highest BCUT2D eigenvalue weighted by atomic mass is 35.6. The van der Waals surface area contributed by atoms with Crippen molar-refractivity contribution in [1.82, 2.24) is 15.0 Å². The second-order valence-electron chi connectivity index (χ2n) is 5.43. The van der Waals surface area contributed by atoms with E-state index in [0.717, 1.165) is 24.3 Å². The third-order valence-electron chi connectivity index (χ3n) is 3.61. The van der Waals surface area contributed by atoms with Crippen molar-refractivity contribution in [1.29, 1.82) is 0 Å². The van der Waals surface area contributed by atoms with Crippen LogP contribution in [0.1, 0.15) is 36.9 Å². The Balaban J connectivity index is 2.33. The van der Waals surface area contributed by atoms with Gasteiger partial charge in [0.25, 0.3) is 0 Å². The van der Waals surface area contributed by atoms with E-state index >= 15 is 0 Å². The van der Waals surface area contributed by atoms with Crippen LogP contribution in [-0.2, 0) is 7.59 Å². The lowest BCUT2D eigenvalue weighted by Crippen LogP contribution is -2.21. The number of alkyl halides is 6. The van der Waals surface area contributed by atoms with E-state index in [4.69, 9.17) is 69.6 Å². The van der Waals surface area contributed by atoms with Crippen LogP contribution in [0.25, 0.3) is 12.2 Å². The Morgan fingerprint density at radius 2 is 1.26 bits per heavy atom. The predicted molar refractivity (Wildman–Crippen MR) is 117 cm³/mol. The van der Waals surface area contributed by atoms with E-state index in [-0.39, 0.29) is 17.5 Å². The molecule has 2 aromatic rings. The molecule has 146 valence electrons. The minimum absolute atomic E-state index is 0.125. The van der Waals surface area contributed by atoms with Crippen LogP contribution in [-0.4, -0.2) is 28.0 Å². The highest BCUT2D eigenvalue weighted by Gasteiger charge is 2.33. The molecule has 1 aromatic carbocycles. The number of hydrogen-bond donors (Lipinski definition) is 0. The van der Waals surface area contributed by atoms with E-state index < -0.39 is 7.59 Å². The second-order valence-corrected chi connectivity index (χ2v) is 10.00. The predicted octanol–water partition coefficient (Wildman–Crippen LogP) is 6.54. The summed E-state index contributed by atoms with van der Waals surface area (Å²) in [5.41, 5.74) is 2.09. The molecule has 27 heavy (non-hydrogen) atoms. The molecule has 0 bridgehead atoms. The molecule has 1 heterocycles. The number of anilines is 1. The molecule has 0 spiro atoms. The standard InChI is InChI=1S/C17H16Cl6N4/c1-3-27(4-2)12-8-5-11(6-9-12)7-10-13-24-14(16(18,19)20)26-15(25-13)17(21,22)23/h5-10H,3-4H2,1-2H3/b10-7+. The van der Waals surface area contributed by atoms with Crippen LogP contribution in [0.2, 0.25) is 0 Å². The van der Waals surface area contributed by atoms with Crippen molar-refractivity contribution in [3.63, 3.8) is 0 Å². The zero-order chi connectivity index (χ0) is 20.2. The van der Waals surface area contributed by atoms with Crippen LogP contribution in [0.4, 0.5) is 5.69 Å². The molecule has 0 aliphatic heterocycles. The fraction of sp³-hybridized carbons (Fsp3) is 0.353. The van der Waals surface area contributed by atoms with Gasteiger partial charge in [-0.15, -0.1) is 0 Å². The first kappa shape index (κ1) is 22.8. The monoisotopic (exact) mass is 486 g/mol. The lowest BCUT2D eigenvalue weighted by Gasteiger charge is -2.20. The molecule has 1 aromatic heterocycles. The van der Waals surface area contributed by atoms with Crippen molar-refractivity contribution in [3.05, 3.63) is 47.3 Å². The van der Waals surface area contributed by atoms with Crippen molar-refractivity contribution in [2.24, 2.45) is 0 Å². The van der Waals surface area contributed by atoms with E-state index in [0.29, 0.717) is 0 Å². The molecule has 10 heteroatoms. The summed E-state index contributed by atoms with van der Waals surface area (Å²) in [6.45, 7) is 6.11. The van der Waals surface area contributed by atoms with E-state index in [9.17, 15) is 0 Å². The Labute approximate surface area is 188 Å². The molecule has 0 fully saturated rings. The maximum absolute atomic E-state index is 5.86. The summed E-state index contributed by atoms with van der Waals surface area (Å²) in [4.78, 5) is 14.4. The first-order chi connectivity index (χ1) is 12.5. The SMILES string of the molecule is CCN(CC)c1ccc(/C=C/c2nc(C(Cl)(Cl)Cl)nc(C(Cl)(Cl)Cl)n2)cc1. The number of hydrogen-bond acceptors (Lipinski definition) is 4. The molecule has 0 saturated heterocycles. The number of halogens is 6. The van der Waals surface area contributed by atoms with Crippen molar-refractivity contribution < 1.29 is 0 Å². The third kappa shape index (κ3) is 6.52. The van der Waals surface area contributed by atoms with E-state index in [1.165, 1.54) is 0 Å². The second kappa shape index (κ2) is 9.34. The van der Waals surface area contributed by atoms with E-state index in [1.54, 1.807) is 6.08 Å². The molecule has 0 aliphatic rings. The average molecular weight is 489 g/mol. The van der Waals surface area contributed by atoms with Gasteiger partial charge < -0.3 is 4.90 Å². The van der Waals surface area contributed by atoms with Gasteiger partial charge in [0.15, 0.2) is 17.5 Å². The quantitative estimate of drug-likeness (QED) is 0.448. The highest BCUT2D eigenvalue weighted by molar-refractivity contribution is 6.67. The highest BCUT2D eigenvalue weighted by Crippen LogP contribution is 2.40. The molecule has 0 radical (unpaired) electrons. The molecule has 2 rings (SSSR count). The molecule has 0 amide bonds. The van der Waals surface area contributed by atoms with Gasteiger partial charge in [-0.05, 0) is 37.6 Å². The van der Waals surface area contributed by atoms with Crippen LogP contribution in [0, 0.1) is 0 Å². The molecule has 0 saturated carbocycles. The van der Waals surface area contributed by atoms with Gasteiger partial charge in [0.2, 0.25) is 7.59 Å². The largest absolute Gasteiger partial charge is 0.372 e. The van der Waals surface area contributed by atoms with E-state index in [2.05, 4.69) is 33.7 Å². The van der Waals surface area contributed by atoms with Crippen LogP contribution < -0.4 is 4.90 Å². The minimum atomic E-state index is -1.87. The first-order valence-corrected chi connectivity index (χ1v) is 10.2. The topological polar surface area (TPSA) is 41.9 Å². The maximum atomic E-state index is 5.86. The van der Waals surface area contributed by atoms with Crippen molar-refractivity contribution >= 4 is 87.4 Å². The smallest absolute Gasteiger partial charge is 0.250 e. The lowest BCUT2D eigenvalue weighted by molar-refractivity contribution is 0.835. The van der Waals surface area contributed by atoms with Gasteiger partial charge >= 0.3 is 0 Å². The minimum Gasteiger partial charge on any atom is -0.372 e. The maximum Gasteiger partial charge on any atom is 0.250 e. The Bertz CT molecular complexity index is 760. The summed E-state index contributed by atoms with van der Waals surface area (Å²) in [7, 11) is 0. The van der Waals surface area contributed by atoms with E-state index in [1.807, 2.05) is 30.3 Å². The molecule has 4 nitrogen and oxygen atoms in total. The summed E-state index contributed by atoms with van der Waals surface area (Å²) in [5.74, 6) is -0.0406. The number of nitrogens with zero attached hydrogens (tertiary/aromatic N) is 4. The molecular formula is C17H16Cl6N4. The van der Waals surface area contributed by atoms with Gasteiger partial charge in [-0.3, -0.25) is 0 Å². The zero-order valence-corrected chi connectivity index (χ0v) is 19.0. The molecule has 0 unspecified atom stereocenters. The third-order valence-corrected chi connectivity index (χ3v) is 4.62. The van der Waals surface area contributed by atoms with Crippen LogP contribution in [0.3, 0.4) is 0 Å². The summed E-state index contributed by atoms with van der Waals surface area (Å²) >= 11 is 35.2. The Hall–Kier alpha value is -0.490. The Morgan fingerprint density at radius 1 is 0.778 bits per heavy atom. The van der Waals surface area contributed by atoms with Gasteiger partial charge in [0.05, 0.1) is 0 Å². The molecular weight excluding hydrogens is 473 g/mol. The van der Waals surface area contributed by atoms with Crippen molar-refractivity contribution in [2.75, 3.05) is 18.0 Å². The Morgan fingerprint density at radius 3 is 1.67 bits per heavy atom. The summed E-state index contributed by atoms with van der Waals surface area (Å²) in [5, 5.41) is 0. The van der Waals surface area contributed by atoms with Gasteiger partial charge in [0.1, 0.15) is 0 Å². The fourth-order valence-corrected chi connectivity index (χ4v) is 2.78. The molecule has 0 N–H and O–H groups in total. The van der Waals surface area contributed by atoms with Gasteiger partial charge in [0, 0.05) is 18.8 Å². The summed E-state index contributed by atoms with van der Waals surface area (Å²) in [6, 6.07) is 8.05. The zero-order valence-electron chi connectivity index (χ0n) is 14.4. The van der Waals surface area contributed by atoms with Gasteiger partial charge in [-0.2, -0.15) is 0 Å². The van der Waals surface area contributed by atoms with Gasteiger partial charge in [-0.1, -0.05) is 87.8 Å². The van der Waals surface area contributed by atoms with Crippen LogP contribution in [0.15, 0.2) is 24.3 Å². The van der Waals surface area contributed by atoms with Crippen molar-refractivity contribution in [3.8, 4) is 0 Å².